The van der Waals surface area contributed by atoms with Gasteiger partial charge >= 0.3 is 0 Å². The van der Waals surface area contributed by atoms with Gasteiger partial charge in [0, 0.05) is 30.4 Å². The number of hydrogen-bond donors (Lipinski definition) is 2. The van der Waals surface area contributed by atoms with Gasteiger partial charge in [-0.1, -0.05) is 12.1 Å². The number of nitrogen functional groups attached to an aromatic ring is 1. The van der Waals surface area contributed by atoms with Crippen LogP contribution < -0.4 is 11.5 Å². The summed E-state index contributed by atoms with van der Waals surface area (Å²) in [5.74, 6) is 0.0284. The molecule has 0 unspecified atom stereocenters. The molecule has 2 aromatic rings. The molecule has 1 saturated heterocycles. The van der Waals surface area contributed by atoms with Crippen molar-refractivity contribution in [3.63, 3.8) is 0 Å². The summed E-state index contributed by atoms with van der Waals surface area (Å²) < 4.78 is 0. The highest BCUT2D eigenvalue weighted by Gasteiger charge is 2.28. The molecule has 1 aromatic heterocycles. The van der Waals surface area contributed by atoms with E-state index in [1.54, 1.807) is 17.2 Å². The van der Waals surface area contributed by atoms with Gasteiger partial charge in [0.25, 0.3) is 0 Å². The fourth-order valence-electron chi connectivity index (χ4n) is 2.45. The van der Waals surface area contributed by atoms with Crippen molar-refractivity contribution in [1.29, 1.82) is 0 Å². The van der Waals surface area contributed by atoms with Gasteiger partial charge in [0.1, 0.15) is 0 Å². The van der Waals surface area contributed by atoms with Crippen LogP contribution in [-0.4, -0.2) is 28.4 Å². The normalized spacial score (nSPS) is 19.3. The van der Waals surface area contributed by atoms with E-state index >= 15 is 0 Å². The van der Waals surface area contributed by atoms with Gasteiger partial charge in [0.05, 0.1) is 11.6 Å². The number of fused-ring (bicyclic) bond motifs is 1. The summed E-state index contributed by atoms with van der Waals surface area (Å²) in [6, 6.07) is 7.35. The summed E-state index contributed by atoms with van der Waals surface area (Å²) in [7, 11) is 0. The van der Waals surface area contributed by atoms with Crippen LogP contribution in [0.4, 0.5) is 5.69 Å². The minimum atomic E-state index is -0.339. The van der Waals surface area contributed by atoms with Crippen molar-refractivity contribution >= 4 is 22.5 Å². The lowest BCUT2D eigenvalue weighted by Crippen LogP contribution is -2.33. The van der Waals surface area contributed by atoms with Crippen LogP contribution in [0.5, 0.6) is 0 Å². The van der Waals surface area contributed by atoms with Crippen LogP contribution in [-0.2, 0) is 11.3 Å². The Balaban J connectivity index is 1.88. The van der Waals surface area contributed by atoms with Crippen molar-refractivity contribution in [3.05, 3.63) is 36.0 Å². The number of hydrogen-bond acceptors (Lipinski definition) is 4. The number of anilines is 1. The monoisotopic (exact) mass is 256 g/mol. The number of carbonyl (C=O) groups excluding carboxylic acids is 1. The Morgan fingerprint density at radius 1 is 1.37 bits per heavy atom. The molecule has 1 amide bonds. The highest BCUT2D eigenvalue weighted by Crippen LogP contribution is 2.21. The van der Waals surface area contributed by atoms with Crippen LogP contribution in [0.15, 0.2) is 30.5 Å². The molecule has 1 aliphatic rings. The second kappa shape index (κ2) is 4.51. The van der Waals surface area contributed by atoms with Crippen molar-refractivity contribution in [2.24, 2.45) is 5.73 Å². The van der Waals surface area contributed by atoms with E-state index in [-0.39, 0.29) is 11.9 Å². The van der Waals surface area contributed by atoms with Crippen LogP contribution in [0.2, 0.25) is 0 Å². The summed E-state index contributed by atoms with van der Waals surface area (Å²) >= 11 is 0. The van der Waals surface area contributed by atoms with Gasteiger partial charge in [-0.2, -0.15) is 0 Å². The third-order valence-electron chi connectivity index (χ3n) is 3.55. The highest BCUT2D eigenvalue weighted by atomic mass is 16.2. The average molecular weight is 256 g/mol. The van der Waals surface area contributed by atoms with E-state index in [2.05, 4.69) is 4.98 Å². The van der Waals surface area contributed by atoms with Crippen molar-refractivity contribution in [1.82, 2.24) is 9.88 Å². The molecule has 5 nitrogen and oxygen atoms in total. The molecule has 0 radical (unpaired) electrons. The van der Waals surface area contributed by atoms with Crippen molar-refractivity contribution in [2.75, 3.05) is 12.3 Å². The van der Waals surface area contributed by atoms with Crippen LogP contribution in [0.1, 0.15) is 12.0 Å². The van der Waals surface area contributed by atoms with E-state index in [4.69, 9.17) is 11.5 Å². The molecule has 2 heterocycles. The van der Waals surface area contributed by atoms with E-state index in [9.17, 15) is 4.79 Å². The Labute approximate surface area is 111 Å². The maximum atomic E-state index is 11.8. The molecule has 0 bridgehead atoms. The molecule has 1 aliphatic heterocycles. The molecular formula is C14H16N4O. The van der Waals surface area contributed by atoms with Crippen LogP contribution in [0, 0.1) is 0 Å². The Kier molecular flexibility index (Phi) is 2.83. The second-order valence-corrected chi connectivity index (χ2v) is 4.91. The first-order valence-corrected chi connectivity index (χ1v) is 6.32. The van der Waals surface area contributed by atoms with Crippen molar-refractivity contribution in [2.45, 2.75) is 19.0 Å². The van der Waals surface area contributed by atoms with Crippen LogP contribution >= 0.6 is 0 Å². The molecule has 0 spiro atoms. The topological polar surface area (TPSA) is 85.2 Å². The SMILES string of the molecule is Nc1ccnc2cc(CN3CC[C@@H](N)C3=O)ccc12. The summed E-state index contributed by atoms with van der Waals surface area (Å²) in [4.78, 5) is 17.9. The number of likely N-dealkylation sites (tertiary alicyclic amines) is 1. The van der Waals surface area contributed by atoms with Gasteiger partial charge in [-0.15, -0.1) is 0 Å². The lowest BCUT2D eigenvalue weighted by atomic mass is 10.1. The van der Waals surface area contributed by atoms with Gasteiger partial charge < -0.3 is 16.4 Å². The first-order valence-electron chi connectivity index (χ1n) is 6.32. The molecule has 0 saturated carbocycles. The van der Waals surface area contributed by atoms with E-state index in [0.29, 0.717) is 6.54 Å². The van der Waals surface area contributed by atoms with E-state index in [1.807, 2.05) is 18.2 Å². The molecule has 19 heavy (non-hydrogen) atoms. The summed E-state index contributed by atoms with van der Waals surface area (Å²) in [5.41, 5.74) is 14.2. The molecule has 5 heteroatoms. The molecule has 4 N–H and O–H groups in total. The Bertz CT molecular complexity index is 640. The number of amides is 1. The minimum absolute atomic E-state index is 0.0284. The van der Waals surface area contributed by atoms with Gasteiger partial charge in [-0.05, 0) is 24.1 Å². The smallest absolute Gasteiger partial charge is 0.239 e. The standard InChI is InChI=1S/C14H16N4O/c15-11-3-5-17-13-7-9(1-2-10(11)13)8-18-6-4-12(16)14(18)19/h1-3,5,7,12H,4,6,8,16H2,(H2,15,17)/t12-/m1/s1. The zero-order valence-electron chi connectivity index (χ0n) is 10.5. The fourth-order valence-corrected chi connectivity index (χ4v) is 2.45. The summed E-state index contributed by atoms with van der Waals surface area (Å²) in [6.45, 7) is 1.31. The number of aromatic nitrogens is 1. The minimum Gasteiger partial charge on any atom is -0.398 e. The summed E-state index contributed by atoms with van der Waals surface area (Å²) in [5, 5.41) is 0.940. The second-order valence-electron chi connectivity index (χ2n) is 4.91. The lowest BCUT2D eigenvalue weighted by molar-refractivity contribution is -0.129. The molecule has 1 atom stereocenters. The van der Waals surface area contributed by atoms with Crippen molar-refractivity contribution < 1.29 is 4.79 Å². The van der Waals surface area contributed by atoms with Gasteiger partial charge in [0.2, 0.25) is 5.91 Å². The van der Waals surface area contributed by atoms with Crippen LogP contribution in [0.25, 0.3) is 10.9 Å². The van der Waals surface area contributed by atoms with Gasteiger partial charge in [-0.25, -0.2) is 0 Å². The predicted octanol–water partition coefficient (Wildman–Crippen LogP) is 0.877. The molecular weight excluding hydrogens is 240 g/mol. The zero-order valence-corrected chi connectivity index (χ0v) is 10.5. The number of nitrogens with zero attached hydrogens (tertiary/aromatic N) is 2. The largest absolute Gasteiger partial charge is 0.398 e. The van der Waals surface area contributed by atoms with Gasteiger partial charge in [-0.3, -0.25) is 9.78 Å². The molecule has 1 aromatic carbocycles. The number of benzene rings is 1. The molecule has 98 valence electrons. The lowest BCUT2D eigenvalue weighted by Gasteiger charge is -2.16. The Morgan fingerprint density at radius 2 is 2.21 bits per heavy atom. The molecule has 0 aliphatic carbocycles. The first kappa shape index (κ1) is 11.9. The maximum Gasteiger partial charge on any atom is 0.239 e. The zero-order chi connectivity index (χ0) is 13.4. The third-order valence-corrected chi connectivity index (χ3v) is 3.55. The average Bonchev–Trinajstić information content (AvgIpc) is 2.71. The van der Waals surface area contributed by atoms with Crippen molar-refractivity contribution in [3.8, 4) is 0 Å². The summed E-state index contributed by atoms with van der Waals surface area (Å²) in [6.07, 6.45) is 2.43. The fraction of sp³-hybridized carbons (Fsp3) is 0.286. The maximum absolute atomic E-state index is 11.8. The first-order chi connectivity index (χ1) is 9.15. The highest BCUT2D eigenvalue weighted by molar-refractivity contribution is 5.90. The Hall–Kier alpha value is -2.14. The number of nitrogens with two attached hydrogens (primary N) is 2. The molecule has 1 fully saturated rings. The van der Waals surface area contributed by atoms with Gasteiger partial charge in [0.15, 0.2) is 0 Å². The third kappa shape index (κ3) is 2.13. The quantitative estimate of drug-likeness (QED) is 0.835. The van der Waals surface area contributed by atoms with E-state index in [0.717, 1.165) is 35.1 Å². The Morgan fingerprint density at radius 3 is 2.95 bits per heavy atom. The van der Waals surface area contributed by atoms with E-state index in [1.165, 1.54) is 0 Å². The number of carbonyl (C=O) groups is 1. The van der Waals surface area contributed by atoms with E-state index < -0.39 is 0 Å². The predicted molar refractivity (Wildman–Crippen MR) is 74.2 cm³/mol. The molecule has 3 rings (SSSR count). The van der Waals surface area contributed by atoms with Crippen LogP contribution in [0.3, 0.4) is 0 Å². The number of pyridine rings is 1. The number of rotatable bonds is 2.